The molecule has 4 N–H and O–H groups in total. The topological polar surface area (TPSA) is 118 Å². The third kappa shape index (κ3) is 3.92. The van der Waals surface area contributed by atoms with Crippen molar-refractivity contribution in [1.29, 1.82) is 0 Å². The number of nitrogens with one attached hydrogen (secondary N) is 1. The summed E-state index contributed by atoms with van der Waals surface area (Å²) in [6, 6.07) is 2.31. The molecule has 1 heterocycles. The van der Waals surface area contributed by atoms with Crippen LogP contribution in [0.15, 0.2) is 34.6 Å². The molecule has 0 radical (unpaired) electrons. The molecule has 1 unspecified atom stereocenters. The highest BCUT2D eigenvalue weighted by molar-refractivity contribution is 7.89. The van der Waals surface area contributed by atoms with Gasteiger partial charge < -0.3 is 10.9 Å². The summed E-state index contributed by atoms with van der Waals surface area (Å²) in [5, 5.41) is 11.9. The third-order valence-electron chi connectivity index (χ3n) is 3.78. The monoisotopic (exact) mass is 312 g/mol. The number of amidine groups is 1. The molecular formula is C13H20N4O3S. The molecule has 116 valence electrons. The molecule has 0 aromatic carbocycles. The van der Waals surface area contributed by atoms with Crippen molar-refractivity contribution in [3.05, 3.63) is 24.5 Å². The van der Waals surface area contributed by atoms with Crippen LogP contribution in [0, 0.1) is 5.92 Å². The zero-order chi connectivity index (χ0) is 15.3. The van der Waals surface area contributed by atoms with Crippen molar-refractivity contribution in [3.63, 3.8) is 0 Å². The number of pyridine rings is 1. The van der Waals surface area contributed by atoms with Gasteiger partial charge in [-0.05, 0) is 30.9 Å². The minimum Gasteiger partial charge on any atom is -0.409 e. The molecule has 1 aliphatic carbocycles. The molecule has 0 bridgehead atoms. The van der Waals surface area contributed by atoms with E-state index in [9.17, 15) is 8.42 Å². The van der Waals surface area contributed by atoms with E-state index < -0.39 is 16.1 Å². The van der Waals surface area contributed by atoms with E-state index >= 15 is 0 Å². The summed E-state index contributed by atoms with van der Waals surface area (Å²) in [5.41, 5.74) is 5.69. The number of hydrogen-bond acceptors (Lipinski definition) is 5. The number of hydrogen-bond donors (Lipinski definition) is 3. The van der Waals surface area contributed by atoms with Gasteiger partial charge in [-0.2, -0.15) is 0 Å². The Kier molecular flexibility index (Phi) is 5.13. The maximum Gasteiger partial charge on any atom is 0.242 e. The Bertz CT molecular complexity index is 583. The lowest BCUT2D eigenvalue weighted by molar-refractivity contribution is 0.297. The minimum absolute atomic E-state index is 0.0427. The largest absolute Gasteiger partial charge is 0.409 e. The summed E-state index contributed by atoms with van der Waals surface area (Å²) < 4.78 is 27.3. The Morgan fingerprint density at radius 2 is 2.14 bits per heavy atom. The Hall–Kier alpha value is -1.67. The van der Waals surface area contributed by atoms with Crippen molar-refractivity contribution < 1.29 is 13.6 Å². The van der Waals surface area contributed by atoms with Gasteiger partial charge in [0.25, 0.3) is 0 Å². The van der Waals surface area contributed by atoms with Crippen molar-refractivity contribution >= 4 is 15.9 Å². The number of rotatable bonds is 5. The van der Waals surface area contributed by atoms with Crippen LogP contribution in [0.5, 0.6) is 0 Å². The third-order valence-corrected chi connectivity index (χ3v) is 5.21. The van der Waals surface area contributed by atoms with Crippen molar-refractivity contribution in [2.24, 2.45) is 16.8 Å². The lowest BCUT2D eigenvalue weighted by atomic mass is 9.84. The van der Waals surface area contributed by atoms with Crippen molar-refractivity contribution in [2.75, 3.05) is 0 Å². The highest BCUT2D eigenvalue weighted by Crippen LogP contribution is 2.27. The Morgan fingerprint density at radius 1 is 1.43 bits per heavy atom. The smallest absolute Gasteiger partial charge is 0.242 e. The van der Waals surface area contributed by atoms with Gasteiger partial charge in [0.15, 0.2) is 5.84 Å². The van der Waals surface area contributed by atoms with Gasteiger partial charge in [0.05, 0.1) is 6.04 Å². The first-order chi connectivity index (χ1) is 10.0. The van der Waals surface area contributed by atoms with Gasteiger partial charge in [-0.3, -0.25) is 4.98 Å². The maximum absolute atomic E-state index is 12.4. The number of oxime groups is 1. The lowest BCUT2D eigenvalue weighted by Gasteiger charge is -2.29. The van der Waals surface area contributed by atoms with E-state index in [4.69, 9.17) is 10.9 Å². The van der Waals surface area contributed by atoms with Crippen molar-refractivity contribution in [3.8, 4) is 0 Å². The average molecular weight is 312 g/mol. The Balaban J connectivity index is 2.22. The van der Waals surface area contributed by atoms with E-state index in [-0.39, 0.29) is 16.6 Å². The second-order valence-electron chi connectivity index (χ2n) is 5.21. The van der Waals surface area contributed by atoms with Gasteiger partial charge in [0.2, 0.25) is 10.0 Å². The van der Waals surface area contributed by atoms with Gasteiger partial charge in [-0.15, -0.1) is 0 Å². The van der Waals surface area contributed by atoms with E-state index in [1.807, 2.05) is 0 Å². The Labute approximate surface area is 124 Å². The molecule has 1 aliphatic rings. The summed E-state index contributed by atoms with van der Waals surface area (Å²) in [4.78, 5) is 3.87. The molecule has 1 aromatic heterocycles. The molecule has 0 saturated heterocycles. The summed E-state index contributed by atoms with van der Waals surface area (Å²) in [7, 11) is -3.75. The quantitative estimate of drug-likeness (QED) is 0.325. The van der Waals surface area contributed by atoms with Crippen LogP contribution in [0.2, 0.25) is 0 Å². The fraction of sp³-hybridized carbons (Fsp3) is 0.538. The van der Waals surface area contributed by atoms with Crippen LogP contribution in [-0.4, -0.2) is 30.5 Å². The van der Waals surface area contributed by atoms with Gasteiger partial charge >= 0.3 is 0 Å². The number of aromatic nitrogens is 1. The molecule has 1 fully saturated rings. The maximum atomic E-state index is 12.4. The van der Waals surface area contributed by atoms with E-state index in [0.29, 0.717) is 0 Å². The molecule has 1 atom stereocenters. The van der Waals surface area contributed by atoms with Crippen LogP contribution in [0.25, 0.3) is 0 Å². The standard InChI is InChI=1S/C13H20N4O3S/c14-13(16-18)12(10-5-2-1-3-6-10)17-21(19,20)11-7-4-8-15-9-11/h4,7-10,12,17-18H,1-3,5-6H2,(H2,14,16). The van der Waals surface area contributed by atoms with E-state index in [0.717, 1.165) is 32.1 Å². The molecule has 0 aliphatic heterocycles. The Morgan fingerprint density at radius 3 is 2.71 bits per heavy atom. The zero-order valence-electron chi connectivity index (χ0n) is 11.6. The number of nitrogens with zero attached hydrogens (tertiary/aromatic N) is 2. The molecule has 7 nitrogen and oxygen atoms in total. The molecule has 21 heavy (non-hydrogen) atoms. The molecule has 2 rings (SSSR count). The molecular weight excluding hydrogens is 292 g/mol. The summed E-state index contributed by atoms with van der Waals surface area (Å²) in [6.07, 6.45) is 7.67. The fourth-order valence-corrected chi connectivity index (χ4v) is 3.91. The summed E-state index contributed by atoms with van der Waals surface area (Å²) >= 11 is 0. The molecule has 0 spiro atoms. The van der Waals surface area contributed by atoms with Crippen LogP contribution in [0.1, 0.15) is 32.1 Å². The molecule has 1 saturated carbocycles. The fourth-order valence-electron chi connectivity index (χ4n) is 2.67. The summed E-state index contributed by atoms with van der Waals surface area (Å²) in [5.74, 6) is -0.0598. The summed E-state index contributed by atoms with van der Waals surface area (Å²) in [6.45, 7) is 0. The van der Waals surface area contributed by atoms with Crippen LogP contribution < -0.4 is 10.5 Å². The number of sulfonamides is 1. The number of nitrogens with two attached hydrogens (primary N) is 1. The second-order valence-corrected chi connectivity index (χ2v) is 6.92. The zero-order valence-corrected chi connectivity index (χ0v) is 12.5. The van der Waals surface area contributed by atoms with E-state index in [1.54, 1.807) is 6.07 Å². The SMILES string of the molecule is N/C(=N\O)C(NS(=O)(=O)c1cccnc1)C1CCCCC1. The first-order valence-electron chi connectivity index (χ1n) is 6.94. The van der Waals surface area contributed by atoms with Crippen molar-refractivity contribution in [1.82, 2.24) is 9.71 Å². The highest BCUT2D eigenvalue weighted by Gasteiger charge is 2.31. The van der Waals surface area contributed by atoms with Gasteiger partial charge in [0, 0.05) is 12.4 Å². The minimum atomic E-state index is -3.75. The normalized spacial score (nSPS) is 19.3. The van der Waals surface area contributed by atoms with Gasteiger partial charge in [0.1, 0.15) is 4.90 Å². The first-order valence-corrected chi connectivity index (χ1v) is 8.42. The first kappa shape index (κ1) is 15.7. The van der Waals surface area contributed by atoms with Crippen LogP contribution >= 0.6 is 0 Å². The lowest BCUT2D eigenvalue weighted by Crippen LogP contribution is -2.49. The second kappa shape index (κ2) is 6.86. The average Bonchev–Trinajstić information content (AvgIpc) is 2.53. The predicted molar refractivity (Wildman–Crippen MR) is 78.3 cm³/mol. The van der Waals surface area contributed by atoms with Crippen LogP contribution in [0.3, 0.4) is 0 Å². The molecule has 1 aromatic rings. The molecule has 0 amide bonds. The van der Waals surface area contributed by atoms with E-state index in [1.165, 1.54) is 18.5 Å². The van der Waals surface area contributed by atoms with Gasteiger partial charge in [-0.1, -0.05) is 24.4 Å². The predicted octanol–water partition coefficient (Wildman–Crippen LogP) is 1.06. The van der Waals surface area contributed by atoms with Crippen molar-refractivity contribution in [2.45, 2.75) is 43.0 Å². The highest BCUT2D eigenvalue weighted by atomic mass is 32.2. The van der Waals surface area contributed by atoms with Gasteiger partial charge in [-0.25, -0.2) is 13.1 Å². The van der Waals surface area contributed by atoms with Crippen LogP contribution in [-0.2, 0) is 10.0 Å². The van der Waals surface area contributed by atoms with Crippen LogP contribution in [0.4, 0.5) is 0 Å². The van der Waals surface area contributed by atoms with E-state index in [2.05, 4.69) is 14.9 Å². The molecule has 8 heteroatoms.